The van der Waals surface area contributed by atoms with Crippen LogP contribution in [-0.4, -0.2) is 42.0 Å². The van der Waals surface area contributed by atoms with Gasteiger partial charge in [-0.25, -0.2) is 4.79 Å². The number of fused-ring (bicyclic) bond motifs is 1. The second kappa shape index (κ2) is 6.88. The predicted molar refractivity (Wildman–Crippen MR) is 101 cm³/mol. The first-order chi connectivity index (χ1) is 12.6. The Morgan fingerprint density at radius 2 is 1.81 bits per heavy atom. The number of hydrogen-bond acceptors (Lipinski definition) is 4. The van der Waals surface area contributed by atoms with Crippen molar-refractivity contribution < 1.29 is 9.21 Å². The van der Waals surface area contributed by atoms with Gasteiger partial charge in [0, 0.05) is 31.2 Å². The zero-order valence-corrected chi connectivity index (χ0v) is 14.8. The summed E-state index contributed by atoms with van der Waals surface area (Å²) in [7, 11) is 0. The van der Waals surface area contributed by atoms with Gasteiger partial charge in [0.05, 0.1) is 17.6 Å². The van der Waals surface area contributed by atoms with Crippen LogP contribution < -0.4 is 10.7 Å². The van der Waals surface area contributed by atoms with E-state index in [4.69, 9.17) is 16.0 Å². The Kier molecular flexibility index (Phi) is 4.42. The van der Waals surface area contributed by atoms with Crippen LogP contribution in [0.4, 0.5) is 5.69 Å². The van der Waals surface area contributed by atoms with Crippen molar-refractivity contribution in [1.29, 1.82) is 0 Å². The largest absolute Gasteiger partial charge is 0.417 e. The lowest BCUT2D eigenvalue weighted by Gasteiger charge is -2.36. The Bertz CT molecular complexity index is 985. The number of amides is 1. The molecule has 1 aliphatic rings. The lowest BCUT2D eigenvalue weighted by atomic mass is 10.1. The Morgan fingerprint density at radius 3 is 2.54 bits per heavy atom. The maximum absolute atomic E-state index is 12.5. The fraction of sp³-hybridized carbons (Fsp3) is 0.263. The highest BCUT2D eigenvalue weighted by Gasteiger charge is 2.23. The zero-order chi connectivity index (χ0) is 18.1. The number of para-hydroxylation sites is 1. The summed E-state index contributed by atoms with van der Waals surface area (Å²) >= 11 is 5.88. The first kappa shape index (κ1) is 16.7. The van der Waals surface area contributed by atoms with Crippen molar-refractivity contribution in [3.63, 3.8) is 0 Å². The van der Waals surface area contributed by atoms with Gasteiger partial charge in [0.1, 0.15) is 0 Å². The number of carbonyl (C=O) groups is 1. The lowest BCUT2D eigenvalue weighted by molar-refractivity contribution is -0.130. The Labute approximate surface area is 155 Å². The van der Waals surface area contributed by atoms with Crippen LogP contribution in [-0.2, 0) is 11.2 Å². The SMILES string of the molecule is O=C(Cc1ccc(Cl)cc1)N1CCN(c2cccc3[nH]c(=O)oc23)CC1. The van der Waals surface area contributed by atoms with Gasteiger partial charge in [0.15, 0.2) is 5.58 Å². The number of hydrogen-bond donors (Lipinski definition) is 1. The van der Waals surface area contributed by atoms with E-state index in [1.165, 1.54) is 0 Å². The molecule has 1 fully saturated rings. The quantitative estimate of drug-likeness (QED) is 0.768. The summed E-state index contributed by atoms with van der Waals surface area (Å²) in [4.78, 5) is 30.7. The molecule has 1 aliphatic heterocycles. The standard InChI is InChI=1S/C19H18ClN3O3/c20-14-6-4-13(5-7-14)12-17(24)23-10-8-22(9-11-23)16-3-1-2-15-18(16)26-19(25)21-15/h1-7H,8-12H2,(H,21,25). The van der Waals surface area contributed by atoms with Crippen LogP contribution in [0.25, 0.3) is 11.1 Å². The molecule has 1 amide bonds. The second-order valence-electron chi connectivity index (χ2n) is 6.34. The number of rotatable bonds is 3. The Hall–Kier alpha value is -2.73. The first-order valence-electron chi connectivity index (χ1n) is 8.49. The average molecular weight is 372 g/mol. The molecule has 0 aliphatic carbocycles. The van der Waals surface area contributed by atoms with Crippen LogP contribution in [0.1, 0.15) is 5.56 Å². The topological polar surface area (TPSA) is 69.6 Å². The highest BCUT2D eigenvalue weighted by atomic mass is 35.5. The van der Waals surface area contributed by atoms with Crippen LogP contribution in [0.3, 0.4) is 0 Å². The first-order valence-corrected chi connectivity index (χ1v) is 8.87. The summed E-state index contributed by atoms with van der Waals surface area (Å²) < 4.78 is 5.27. The summed E-state index contributed by atoms with van der Waals surface area (Å²) in [5.41, 5.74) is 3.10. The highest BCUT2D eigenvalue weighted by Crippen LogP contribution is 2.26. The van der Waals surface area contributed by atoms with Gasteiger partial charge < -0.3 is 14.2 Å². The molecule has 3 aromatic rings. The van der Waals surface area contributed by atoms with Gasteiger partial charge >= 0.3 is 5.76 Å². The molecule has 0 spiro atoms. The molecule has 0 atom stereocenters. The van der Waals surface area contributed by atoms with E-state index in [9.17, 15) is 9.59 Å². The Morgan fingerprint density at radius 1 is 1.08 bits per heavy atom. The number of nitrogens with zero attached hydrogens (tertiary/aromatic N) is 2. The number of anilines is 1. The van der Waals surface area contributed by atoms with Crippen molar-refractivity contribution in [2.24, 2.45) is 0 Å². The molecule has 4 rings (SSSR count). The van der Waals surface area contributed by atoms with E-state index in [0.717, 1.165) is 11.3 Å². The van der Waals surface area contributed by atoms with E-state index >= 15 is 0 Å². The average Bonchev–Trinajstić information content (AvgIpc) is 3.04. The molecule has 1 saturated heterocycles. The van der Waals surface area contributed by atoms with Crippen LogP contribution in [0, 0.1) is 0 Å². The van der Waals surface area contributed by atoms with Crippen molar-refractivity contribution in [1.82, 2.24) is 9.88 Å². The number of H-pyrrole nitrogens is 1. The third-order valence-electron chi connectivity index (χ3n) is 4.67. The molecule has 2 aromatic carbocycles. The highest BCUT2D eigenvalue weighted by molar-refractivity contribution is 6.30. The van der Waals surface area contributed by atoms with Crippen molar-refractivity contribution in [3.05, 3.63) is 63.6 Å². The van der Waals surface area contributed by atoms with Crippen LogP contribution in [0.5, 0.6) is 0 Å². The summed E-state index contributed by atoms with van der Waals surface area (Å²) in [5.74, 6) is -0.345. The third kappa shape index (κ3) is 3.32. The molecular weight excluding hydrogens is 354 g/mol. The van der Waals surface area contributed by atoms with Crippen molar-refractivity contribution >= 4 is 34.3 Å². The minimum Gasteiger partial charge on any atom is -0.406 e. The summed E-state index contributed by atoms with van der Waals surface area (Å²) in [5, 5.41) is 0.667. The van der Waals surface area contributed by atoms with Gasteiger partial charge in [-0.15, -0.1) is 0 Å². The van der Waals surface area contributed by atoms with Gasteiger partial charge in [0.25, 0.3) is 0 Å². The van der Waals surface area contributed by atoms with E-state index in [1.54, 1.807) is 12.1 Å². The molecular formula is C19H18ClN3O3. The molecule has 1 aromatic heterocycles. The zero-order valence-electron chi connectivity index (χ0n) is 14.1. The monoisotopic (exact) mass is 371 g/mol. The normalized spacial score (nSPS) is 14.8. The van der Waals surface area contributed by atoms with Crippen LogP contribution in [0.2, 0.25) is 5.02 Å². The van der Waals surface area contributed by atoms with Crippen molar-refractivity contribution in [3.8, 4) is 0 Å². The number of aromatic nitrogens is 1. The van der Waals surface area contributed by atoms with E-state index in [2.05, 4.69) is 9.88 Å². The molecule has 2 heterocycles. The van der Waals surface area contributed by atoms with Gasteiger partial charge in [0.2, 0.25) is 5.91 Å². The maximum Gasteiger partial charge on any atom is 0.417 e. The van der Waals surface area contributed by atoms with Gasteiger partial charge in [-0.05, 0) is 29.8 Å². The number of benzene rings is 2. The predicted octanol–water partition coefficient (Wildman–Crippen LogP) is 2.67. The Balaban J connectivity index is 1.42. The molecule has 7 heteroatoms. The summed E-state index contributed by atoms with van der Waals surface area (Å²) in [6, 6.07) is 13.0. The molecule has 26 heavy (non-hydrogen) atoms. The summed E-state index contributed by atoms with van der Waals surface area (Å²) in [6.45, 7) is 2.66. The smallest absolute Gasteiger partial charge is 0.406 e. The van der Waals surface area contributed by atoms with E-state index in [-0.39, 0.29) is 5.91 Å². The number of nitrogens with one attached hydrogen (secondary N) is 1. The number of carbonyl (C=O) groups excluding carboxylic acids is 1. The second-order valence-corrected chi connectivity index (χ2v) is 6.78. The lowest BCUT2D eigenvalue weighted by Crippen LogP contribution is -2.49. The minimum absolute atomic E-state index is 0.110. The van der Waals surface area contributed by atoms with Gasteiger partial charge in [-0.1, -0.05) is 29.8 Å². The van der Waals surface area contributed by atoms with Gasteiger partial charge in [-0.2, -0.15) is 0 Å². The van der Waals surface area contributed by atoms with E-state index in [0.29, 0.717) is 48.7 Å². The van der Waals surface area contributed by atoms with Crippen molar-refractivity contribution in [2.75, 3.05) is 31.1 Å². The van der Waals surface area contributed by atoms with E-state index in [1.807, 2.05) is 35.2 Å². The molecule has 1 N–H and O–H groups in total. The molecule has 0 bridgehead atoms. The number of piperazine rings is 1. The molecule has 0 saturated carbocycles. The molecule has 6 nitrogen and oxygen atoms in total. The third-order valence-corrected chi connectivity index (χ3v) is 4.92. The molecule has 134 valence electrons. The van der Waals surface area contributed by atoms with Crippen LogP contribution >= 0.6 is 11.6 Å². The number of oxazole rings is 1. The van der Waals surface area contributed by atoms with E-state index < -0.39 is 5.76 Å². The maximum atomic E-state index is 12.5. The van der Waals surface area contributed by atoms with Crippen molar-refractivity contribution in [2.45, 2.75) is 6.42 Å². The number of halogens is 1. The summed E-state index contributed by atoms with van der Waals surface area (Å²) in [6.07, 6.45) is 0.374. The minimum atomic E-state index is -0.454. The van der Waals surface area contributed by atoms with Gasteiger partial charge in [-0.3, -0.25) is 9.78 Å². The fourth-order valence-corrected chi connectivity index (χ4v) is 3.42. The molecule has 0 radical (unpaired) electrons. The fourth-order valence-electron chi connectivity index (χ4n) is 3.29. The molecule has 0 unspecified atom stereocenters. The van der Waals surface area contributed by atoms with Crippen LogP contribution in [0.15, 0.2) is 51.7 Å². The number of aromatic amines is 1.